The lowest BCUT2D eigenvalue weighted by Crippen LogP contribution is -2.36. The van der Waals surface area contributed by atoms with Gasteiger partial charge in [0.2, 0.25) is 5.91 Å². The fourth-order valence-electron chi connectivity index (χ4n) is 3.32. The Hall–Kier alpha value is -2.86. The molecule has 0 radical (unpaired) electrons. The van der Waals surface area contributed by atoms with Gasteiger partial charge < -0.3 is 19.9 Å². The Morgan fingerprint density at radius 1 is 1.03 bits per heavy atom. The molecule has 6 heteroatoms. The van der Waals surface area contributed by atoms with Crippen molar-refractivity contribution in [2.75, 3.05) is 44.8 Å². The second-order valence-corrected chi connectivity index (χ2v) is 7.24. The first-order valence-electron chi connectivity index (χ1n) is 10.1. The van der Waals surface area contributed by atoms with Crippen molar-refractivity contribution >= 4 is 17.5 Å². The van der Waals surface area contributed by atoms with Gasteiger partial charge in [-0.15, -0.1) is 0 Å². The number of hydrogen-bond donors (Lipinski definition) is 1. The molecule has 154 valence electrons. The predicted molar refractivity (Wildman–Crippen MR) is 114 cm³/mol. The smallest absolute Gasteiger partial charge is 0.251 e. The highest BCUT2D eigenvalue weighted by Gasteiger charge is 2.13. The van der Waals surface area contributed by atoms with E-state index in [0.29, 0.717) is 31.5 Å². The van der Waals surface area contributed by atoms with Crippen molar-refractivity contribution in [1.82, 2.24) is 10.2 Å². The molecule has 2 aromatic rings. The lowest BCUT2D eigenvalue weighted by atomic mass is 10.1. The van der Waals surface area contributed by atoms with Crippen LogP contribution in [0.4, 0.5) is 5.69 Å². The van der Waals surface area contributed by atoms with Gasteiger partial charge in [0.05, 0.1) is 13.2 Å². The number of anilines is 1. The quantitative estimate of drug-likeness (QED) is 0.698. The number of carbonyl (C=O) groups excluding carboxylic acids is 2. The van der Waals surface area contributed by atoms with Gasteiger partial charge in [-0.3, -0.25) is 9.59 Å². The van der Waals surface area contributed by atoms with E-state index in [0.717, 1.165) is 31.9 Å². The fraction of sp³-hybridized carbons (Fsp3) is 0.391. The summed E-state index contributed by atoms with van der Waals surface area (Å²) < 4.78 is 5.39. The van der Waals surface area contributed by atoms with Crippen molar-refractivity contribution in [3.05, 3.63) is 65.7 Å². The molecule has 0 bridgehead atoms. The average Bonchev–Trinajstić information content (AvgIpc) is 2.78. The van der Waals surface area contributed by atoms with Crippen molar-refractivity contribution < 1.29 is 14.3 Å². The average molecular weight is 396 g/mol. The molecule has 3 rings (SSSR count). The maximum Gasteiger partial charge on any atom is 0.251 e. The fourth-order valence-corrected chi connectivity index (χ4v) is 3.32. The maximum atomic E-state index is 12.4. The molecule has 6 nitrogen and oxygen atoms in total. The maximum absolute atomic E-state index is 12.4. The summed E-state index contributed by atoms with van der Waals surface area (Å²) in [5.74, 6) is -0.0250. The van der Waals surface area contributed by atoms with E-state index < -0.39 is 0 Å². The highest BCUT2D eigenvalue weighted by molar-refractivity contribution is 5.94. The standard InChI is InChI=1S/C23H29N3O3/c1-25(18-19-9-11-21(12-10-19)26-14-16-29-17-15-26)22(27)8-5-13-24-23(28)20-6-3-2-4-7-20/h2-4,6-7,9-12H,5,8,13-18H2,1H3,(H,24,28). The van der Waals surface area contributed by atoms with Gasteiger partial charge in [0.25, 0.3) is 5.91 Å². The molecule has 0 spiro atoms. The summed E-state index contributed by atoms with van der Waals surface area (Å²) in [5, 5.41) is 2.86. The van der Waals surface area contributed by atoms with Gasteiger partial charge in [0.15, 0.2) is 0 Å². The second kappa shape index (κ2) is 10.6. The highest BCUT2D eigenvalue weighted by Crippen LogP contribution is 2.17. The zero-order valence-corrected chi connectivity index (χ0v) is 17.0. The van der Waals surface area contributed by atoms with E-state index in [9.17, 15) is 9.59 Å². The Morgan fingerprint density at radius 2 is 1.72 bits per heavy atom. The van der Waals surface area contributed by atoms with Crippen LogP contribution in [0.25, 0.3) is 0 Å². The van der Waals surface area contributed by atoms with Crippen molar-refractivity contribution in [2.24, 2.45) is 0 Å². The van der Waals surface area contributed by atoms with Gasteiger partial charge in [0, 0.05) is 50.9 Å². The Bertz CT molecular complexity index is 787. The third-order valence-electron chi connectivity index (χ3n) is 5.05. The summed E-state index contributed by atoms with van der Waals surface area (Å²) in [6.07, 6.45) is 1.04. The molecule has 0 aromatic heterocycles. The van der Waals surface area contributed by atoms with Crippen LogP contribution >= 0.6 is 0 Å². The first-order valence-corrected chi connectivity index (χ1v) is 10.1. The first kappa shape index (κ1) is 20.9. The molecule has 1 heterocycles. The van der Waals surface area contributed by atoms with E-state index in [1.807, 2.05) is 25.2 Å². The normalized spacial score (nSPS) is 13.8. The van der Waals surface area contributed by atoms with E-state index in [-0.39, 0.29) is 11.8 Å². The van der Waals surface area contributed by atoms with Crippen molar-refractivity contribution in [3.63, 3.8) is 0 Å². The van der Waals surface area contributed by atoms with E-state index in [2.05, 4.69) is 34.5 Å². The van der Waals surface area contributed by atoms with Gasteiger partial charge in [-0.05, 0) is 36.2 Å². The number of nitrogens with zero attached hydrogens (tertiary/aromatic N) is 2. The Kier molecular flexibility index (Phi) is 7.64. The summed E-state index contributed by atoms with van der Waals surface area (Å²) in [7, 11) is 1.82. The molecule has 1 N–H and O–H groups in total. The Balaban J connectivity index is 1.38. The minimum atomic E-state index is -0.105. The van der Waals surface area contributed by atoms with Gasteiger partial charge in [-0.2, -0.15) is 0 Å². The van der Waals surface area contributed by atoms with Crippen LogP contribution in [0.1, 0.15) is 28.8 Å². The summed E-state index contributed by atoms with van der Waals surface area (Å²) in [6, 6.07) is 17.5. The number of carbonyl (C=O) groups is 2. The Morgan fingerprint density at radius 3 is 2.41 bits per heavy atom. The van der Waals surface area contributed by atoms with Crippen LogP contribution in [-0.2, 0) is 16.1 Å². The molecule has 29 heavy (non-hydrogen) atoms. The minimum Gasteiger partial charge on any atom is -0.378 e. The minimum absolute atomic E-state index is 0.0798. The van der Waals surface area contributed by atoms with E-state index in [1.165, 1.54) is 5.69 Å². The topological polar surface area (TPSA) is 61.9 Å². The molecular weight excluding hydrogens is 366 g/mol. The highest BCUT2D eigenvalue weighted by atomic mass is 16.5. The SMILES string of the molecule is CN(Cc1ccc(N2CCOCC2)cc1)C(=O)CCCNC(=O)c1ccccc1. The molecule has 1 aliphatic heterocycles. The molecule has 2 amide bonds. The number of rotatable bonds is 8. The number of benzene rings is 2. The van der Waals surface area contributed by atoms with Gasteiger partial charge >= 0.3 is 0 Å². The summed E-state index contributed by atoms with van der Waals surface area (Å²) >= 11 is 0. The van der Waals surface area contributed by atoms with E-state index >= 15 is 0 Å². The Labute approximate surface area is 172 Å². The molecule has 1 saturated heterocycles. The molecule has 0 aliphatic carbocycles. The second-order valence-electron chi connectivity index (χ2n) is 7.24. The van der Waals surface area contributed by atoms with Crippen LogP contribution < -0.4 is 10.2 Å². The molecule has 1 fully saturated rings. The van der Waals surface area contributed by atoms with Gasteiger partial charge in [-0.1, -0.05) is 30.3 Å². The zero-order valence-electron chi connectivity index (χ0n) is 17.0. The first-order chi connectivity index (χ1) is 14.1. The third-order valence-corrected chi connectivity index (χ3v) is 5.05. The van der Waals surface area contributed by atoms with Crippen LogP contribution in [0.2, 0.25) is 0 Å². The number of nitrogens with one attached hydrogen (secondary N) is 1. The summed E-state index contributed by atoms with van der Waals surface area (Å²) in [5.41, 5.74) is 2.94. The van der Waals surface area contributed by atoms with Gasteiger partial charge in [-0.25, -0.2) is 0 Å². The zero-order chi connectivity index (χ0) is 20.5. The third kappa shape index (κ3) is 6.32. The van der Waals surface area contributed by atoms with E-state index in [1.54, 1.807) is 17.0 Å². The molecule has 0 atom stereocenters. The van der Waals surface area contributed by atoms with Crippen molar-refractivity contribution in [2.45, 2.75) is 19.4 Å². The van der Waals surface area contributed by atoms with Crippen molar-refractivity contribution in [3.8, 4) is 0 Å². The van der Waals surface area contributed by atoms with Crippen LogP contribution in [0.5, 0.6) is 0 Å². The molecular formula is C23H29N3O3. The number of hydrogen-bond acceptors (Lipinski definition) is 4. The lowest BCUT2D eigenvalue weighted by Gasteiger charge is -2.29. The largest absolute Gasteiger partial charge is 0.378 e. The molecule has 0 saturated carbocycles. The summed E-state index contributed by atoms with van der Waals surface area (Å²) in [4.78, 5) is 28.4. The van der Waals surface area contributed by atoms with E-state index in [4.69, 9.17) is 4.74 Å². The predicted octanol–water partition coefficient (Wildman–Crippen LogP) is 2.69. The van der Waals surface area contributed by atoms with Crippen molar-refractivity contribution in [1.29, 1.82) is 0 Å². The number of amides is 2. The number of ether oxygens (including phenoxy) is 1. The molecule has 1 aliphatic rings. The number of morpholine rings is 1. The van der Waals surface area contributed by atoms with Crippen LogP contribution in [0, 0.1) is 0 Å². The van der Waals surface area contributed by atoms with Crippen LogP contribution in [-0.4, -0.2) is 56.6 Å². The molecule has 0 unspecified atom stereocenters. The van der Waals surface area contributed by atoms with Gasteiger partial charge in [0.1, 0.15) is 0 Å². The van der Waals surface area contributed by atoms with Crippen LogP contribution in [0.3, 0.4) is 0 Å². The monoisotopic (exact) mass is 395 g/mol. The molecule has 2 aromatic carbocycles. The lowest BCUT2D eigenvalue weighted by molar-refractivity contribution is -0.130. The summed E-state index contributed by atoms with van der Waals surface area (Å²) in [6.45, 7) is 4.44. The van der Waals surface area contributed by atoms with Crippen LogP contribution in [0.15, 0.2) is 54.6 Å².